The van der Waals surface area contributed by atoms with Gasteiger partial charge in [-0.1, -0.05) is 29.3 Å². The molecule has 6 heteroatoms. The van der Waals surface area contributed by atoms with Crippen LogP contribution in [0.1, 0.15) is 10.4 Å². The predicted molar refractivity (Wildman–Crippen MR) is 66.4 cm³/mol. The highest BCUT2D eigenvalue weighted by Crippen LogP contribution is 2.24. The molecule has 0 aliphatic heterocycles. The number of nitrogens with one attached hydrogen (secondary N) is 1. The van der Waals surface area contributed by atoms with Gasteiger partial charge < -0.3 is 0 Å². The second-order valence-electron chi connectivity index (χ2n) is 3.12. The van der Waals surface area contributed by atoms with Crippen LogP contribution in [-0.4, -0.2) is 15.9 Å². The molecule has 0 aliphatic rings. The molecule has 0 fully saturated rings. The Labute approximate surface area is 108 Å². The van der Waals surface area contributed by atoms with Gasteiger partial charge in [-0.25, -0.2) is 9.97 Å². The lowest BCUT2D eigenvalue weighted by Gasteiger charge is -2.06. The van der Waals surface area contributed by atoms with E-state index < -0.39 is 5.91 Å². The van der Waals surface area contributed by atoms with Crippen molar-refractivity contribution in [2.24, 2.45) is 0 Å². The van der Waals surface area contributed by atoms with Crippen molar-refractivity contribution in [3.05, 3.63) is 52.3 Å². The molecule has 1 aromatic carbocycles. The van der Waals surface area contributed by atoms with E-state index in [1.165, 1.54) is 12.4 Å². The zero-order valence-corrected chi connectivity index (χ0v) is 10.0. The molecule has 86 valence electrons. The maximum Gasteiger partial charge on any atom is 0.261 e. The first kappa shape index (κ1) is 11.8. The fourth-order valence-corrected chi connectivity index (χ4v) is 1.81. The SMILES string of the molecule is O=C(Nc1ncccn1)c1c(Cl)cccc1Cl. The zero-order valence-electron chi connectivity index (χ0n) is 8.52. The van der Waals surface area contributed by atoms with E-state index in [0.717, 1.165) is 0 Å². The summed E-state index contributed by atoms with van der Waals surface area (Å²) in [6.45, 7) is 0. The van der Waals surface area contributed by atoms with Crippen LogP contribution in [0.25, 0.3) is 0 Å². The number of aromatic nitrogens is 2. The molecule has 4 nitrogen and oxygen atoms in total. The van der Waals surface area contributed by atoms with Gasteiger partial charge in [0.15, 0.2) is 0 Å². The summed E-state index contributed by atoms with van der Waals surface area (Å²) in [5.74, 6) is -0.236. The monoisotopic (exact) mass is 267 g/mol. The fourth-order valence-electron chi connectivity index (χ4n) is 1.24. The molecule has 2 rings (SSSR count). The molecular weight excluding hydrogens is 261 g/mol. The number of hydrogen-bond donors (Lipinski definition) is 1. The summed E-state index contributed by atoms with van der Waals surface area (Å²) in [5.41, 5.74) is 0.211. The molecule has 1 aromatic heterocycles. The van der Waals surface area contributed by atoms with E-state index >= 15 is 0 Å². The van der Waals surface area contributed by atoms with Crippen molar-refractivity contribution >= 4 is 35.1 Å². The lowest BCUT2D eigenvalue weighted by molar-refractivity contribution is 0.102. The normalized spacial score (nSPS) is 10.0. The van der Waals surface area contributed by atoms with Crippen LogP contribution in [0.15, 0.2) is 36.7 Å². The van der Waals surface area contributed by atoms with E-state index in [4.69, 9.17) is 23.2 Å². The third-order valence-electron chi connectivity index (χ3n) is 1.98. The number of amides is 1. The van der Waals surface area contributed by atoms with Crippen LogP contribution in [0, 0.1) is 0 Å². The highest BCUT2D eigenvalue weighted by atomic mass is 35.5. The van der Waals surface area contributed by atoms with Gasteiger partial charge in [-0.3, -0.25) is 10.1 Å². The molecule has 1 amide bonds. The topological polar surface area (TPSA) is 54.9 Å². The van der Waals surface area contributed by atoms with Gasteiger partial charge in [0.2, 0.25) is 5.95 Å². The second kappa shape index (κ2) is 5.12. The number of rotatable bonds is 2. The number of halogens is 2. The van der Waals surface area contributed by atoms with E-state index in [1.807, 2.05) is 0 Å². The second-order valence-corrected chi connectivity index (χ2v) is 3.94. The number of carbonyl (C=O) groups is 1. The first-order valence-electron chi connectivity index (χ1n) is 4.71. The minimum atomic E-state index is -0.438. The van der Waals surface area contributed by atoms with Crippen LogP contribution < -0.4 is 5.32 Å². The van der Waals surface area contributed by atoms with E-state index in [1.54, 1.807) is 24.3 Å². The molecule has 0 unspecified atom stereocenters. The molecule has 2 aromatic rings. The van der Waals surface area contributed by atoms with Gasteiger partial charge in [0, 0.05) is 12.4 Å². The summed E-state index contributed by atoms with van der Waals surface area (Å²) in [4.78, 5) is 19.6. The molecule has 0 bridgehead atoms. The third-order valence-corrected chi connectivity index (χ3v) is 2.61. The van der Waals surface area contributed by atoms with Crippen LogP contribution >= 0.6 is 23.2 Å². The Hall–Kier alpha value is -1.65. The molecule has 1 heterocycles. The summed E-state index contributed by atoms with van der Waals surface area (Å²) in [7, 11) is 0. The predicted octanol–water partition coefficient (Wildman–Crippen LogP) is 3.04. The molecule has 0 aliphatic carbocycles. The smallest absolute Gasteiger partial charge is 0.261 e. The molecule has 17 heavy (non-hydrogen) atoms. The van der Waals surface area contributed by atoms with Crippen LogP contribution in [0.3, 0.4) is 0 Å². The first-order chi connectivity index (χ1) is 8.18. The number of anilines is 1. The number of hydrogen-bond acceptors (Lipinski definition) is 3. The highest BCUT2D eigenvalue weighted by molar-refractivity contribution is 6.40. The van der Waals surface area contributed by atoms with Crippen molar-refractivity contribution in [1.29, 1.82) is 0 Å². The Morgan fingerprint density at radius 2 is 1.65 bits per heavy atom. The van der Waals surface area contributed by atoms with Gasteiger partial charge in [-0.2, -0.15) is 0 Å². The Kier molecular flexibility index (Phi) is 3.56. The van der Waals surface area contributed by atoms with Crippen LogP contribution in [0.2, 0.25) is 10.0 Å². The quantitative estimate of drug-likeness (QED) is 0.910. The van der Waals surface area contributed by atoms with Crippen molar-refractivity contribution in [3.63, 3.8) is 0 Å². The van der Waals surface area contributed by atoms with Crippen LogP contribution in [0.4, 0.5) is 5.95 Å². The molecule has 0 saturated heterocycles. The van der Waals surface area contributed by atoms with Gasteiger partial charge in [0.25, 0.3) is 5.91 Å². The summed E-state index contributed by atoms with van der Waals surface area (Å²) in [6, 6.07) is 6.50. The lowest BCUT2D eigenvalue weighted by atomic mass is 10.2. The van der Waals surface area contributed by atoms with Crippen molar-refractivity contribution in [3.8, 4) is 0 Å². The largest absolute Gasteiger partial charge is 0.290 e. The minimum absolute atomic E-state index is 0.202. The molecule has 0 radical (unpaired) electrons. The van der Waals surface area contributed by atoms with Crippen molar-refractivity contribution in [2.45, 2.75) is 0 Å². The van der Waals surface area contributed by atoms with E-state index in [0.29, 0.717) is 0 Å². The van der Waals surface area contributed by atoms with E-state index in [-0.39, 0.29) is 21.6 Å². The maximum absolute atomic E-state index is 11.9. The summed E-state index contributed by atoms with van der Waals surface area (Å²) in [6.07, 6.45) is 3.05. The maximum atomic E-state index is 11.9. The number of benzene rings is 1. The van der Waals surface area contributed by atoms with Gasteiger partial charge in [0.1, 0.15) is 0 Å². The Bertz CT molecular complexity index is 525. The number of nitrogens with zero attached hydrogens (tertiary/aromatic N) is 2. The average molecular weight is 268 g/mol. The van der Waals surface area contributed by atoms with Crippen molar-refractivity contribution in [2.75, 3.05) is 5.32 Å². The molecule has 0 atom stereocenters. The first-order valence-corrected chi connectivity index (χ1v) is 5.46. The number of carbonyl (C=O) groups excluding carboxylic acids is 1. The molecule has 0 saturated carbocycles. The minimum Gasteiger partial charge on any atom is -0.290 e. The van der Waals surface area contributed by atoms with Gasteiger partial charge in [-0.15, -0.1) is 0 Å². The van der Waals surface area contributed by atoms with E-state index in [9.17, 15) is 4.79 Å². The van der Waals surface area contributed by atoms with Crippen molar-refractivity contribution < 1.29 is 4.79 Å². The summed E-state index contributed by atoms with van der Waals surface area (Å²) >= 11 is 11.8. The average Bonchev–Trinajstić information content (AvgIpc) is 2.30. The fraction of sp³-hybridized carbons (Fsp3) is 0. The zero-order chi connectivity index (χ0) is 12.3. The molecule has 0 spiro atoms. The Morgan fingerprint density at radius 3 is 2.24 bits per heavy atom. The van der Waals surface area contributed by atoms with Crippen LogP contribution in [0.5, 0.6) is 0 Å². The highest BCUT2D eigenvalue weighted by Gasteiger charge is 2.15. The summed E-state index contributed by atoms with van der Waals surface area (Å²) < 4.78 is 0. The lowest BCUT2D eigenvalue weighted by Crippen LogP contribution is -2.15. The van der Waals surface area contributed by atoms with E-state index in [2.05, 4.69) is 15.3 Å². The van der Waals surface area contributed by atoms with Gasteiger partial charge >= 0.3 is 0 Å². The van der Waals surface area contributed by atoms with Gasteiger partial charge in [0.05, 0.1) is 15.6 Å². The Morgan fingerprint density at radius 1 is 1.06 bits per heavy atom. The van der Waals surface area contributed by atoms with Crippen molar-refractivity contribution in [1.82, 2.24) is 9.97 Å². The van der Waals surface area contributed by atoms with Crippen LogP contribution in [-0.2, 0) is 0 Å². The van der Waals surface area contributed by atoms with Gasteiger partial charge in [-0.05, 0) is 18.2 Å². The standard InChI is InChI=1S/C11H7Cl2N3O/c12-7-3-1-4-8(13)9(7)10(17)16-11-14-5-2-6-15-11/h1-6H,(H,14,15,16,17). The molecule has 1 N–H and O–H groups in total. The molecular formula is C11H7Cl2N3O. The Balaban J connectivity index is 2.27. The third kappa shape index (κ3) is 2.72. The summed E-state index contributed by atoms with van der Waals surface area (Å²) in [5, 5.41) is 3.08.